The van der Waals surface area contributed by atoms with Crippen LogP contribution >= 0.6 is 0 Å². The van der Waals surface area contributed by atoms with Crippen molar-refractivity contribution in [3.05, 3.63) is 83.9 Å². The zero-order chi connectivity index (χ0) is 19.3. The van der Waals surface area contributed by atoms with Crippen molar-refractivity contribution in [1.29, 1.82) is 0 Å². The third kappa shape index (κ3) is 4.08. The predicted octanol–water partition coefficient (Wildman–Crippen LogP) is 3.42. The lowest BCUT2D eigenvalue weighted by Gasteiger charge is -2.32. The van der Waals surface area contributed by atoms with Crippen molar-refractivity contribution in [3.63, 3.8) is 0 Å². The van der Waals surface area contributed by atoms with Crippen LogP contribution in [0.2, 0.25) is 0 Å². The number of aromatic nitrogens is 2. The van der Waals surface area contributed by atoms with Crippen molar-refractivity contribution in [2.24, 2.45) is 0 Å². The Morgan fingerprint density at radius 1 is 1.14 bits per heavy atom. The molecule has 0 aliphatic carbocycles. The first-order valence-electron chi connectivity index (χ1n) is 9.22. The summed E-state index contributed by atoms with van der Waals surface area (Å²) in [5.74, 6) is -0.913. The largest absolute Gasteiger partial charge is 0.478 e. The van der Waals surface area contributed by atoms with Crippen LogP contribution in [0, 0.1) is 0 Å². The number of hydrogen-bond acceptors (Lipinski definition) is 5. The Labute approximate surface area is 163 Å². The fraction of sp³-hybridized carbons (Fsp3) is 0.227. The zero-order valence-corrected chi connectivity index (χ0v) is 15.4. The summed E-state index contributed by atoms with van der Waals surface area (Å²) in [6.07, 6.45) is 3.24. The Hall–Kier alpha value is -3.09. The van der Waals surface area contributed by atoms with Gasteiger partial charge in [-0.3, -0.25) is 4.90 Å². The molecule has 1 atom stereocenters. The van der Waals surface area contributed by atoms with Crippen LogP contribution in [0.15, 0.2) is 67.1 Å². The van der Waals surface area contributed by atoms with Crippen molar-refractivity contribution >= 4 is 5.97 Å². The molecule has 0 saturated carbocycles. The Morgan fingerprint density at radius 3 is 2.71 bits per heavy atom. The van der Waals surface area contributed by atoms with E-state index >= 15 is 0 Å². The van der Waals surface area contributed by atoms with Gasteiger partial charge in [-0.25, -0.2) is 14.8 Å². The summed E-state index contributed by atoms with van der Waals surface area (Å²) in [6, 6.07) is 17.1. The number of carboxylic acid groups (broad SMARTS) is 1. The molecule has 4 rings (SSSR count). The molecule has 1 aliphatic heterocycles. The smallest absolute Gasteiger partial charge is 0.336 e. The van der Waals surface area contributed by atoms with E-state index in [0.29, 0.717) is 12.2 Å². The van der Waals surface area contributed by atoms with Crippen LogP contribution in [0.25, 0.3) is 11.1 Å². The van der Waals surface area contributed by atoms with E-state index in [1.807, 2.05) is 30.3 Å². The third-order valence-corrected chi connectivity index (χ3v) is 4.91. The molecule has 0 spiro atoms. The maximum absolute atomic E-state index is 11.4. The number of carboxylic acids is 1. The quantitative estimate of drug-likeness (QED) is 0.736. The number of nitrogens with zero attached hydrogens (tertiary/aromatic N) is 3. The van der Waals surface area contributed by atoms with Gasteiger partial charge in [0.25, 0.3) is 0 Å². The van der Waals surface area contributed by atoms with Gasteiger partial charge >= 0.3 is 5.97 Å². The molecule has 3 aromatic rings. The third-order valence-electron chi connectivity index (χ3n) is 4.91. The minimum atomic E-state index is -0.913. The number of benzene rings is 2. The highest BCUT2D eigenvalue weighted by Crippen LogP contribution is 2.25. The molecule has 1 saturated heterocycles. The standard InChI is InChI=1S/C22H21N3O3/c26-22(27)19-4-2-1-3-18(19)17-7-5-16(6-8-17)13-25-11-12-28-21(14-25)20-9-10-23-15-24-20/h1-10,15,21H,11-14H2,(H,26,27)/t21-/m0/s1. The summed E-state index contributed by atoms with van der Waals surface area (Å²) in [5.41, 5.74) is 4.04. The van der Waals surface area contributed by atoms with E-state index in [-0.39, 0.29) is 6.10 Å². The van der Waals surface area contributed by atoms with E-state index in [2.05, 4.69) is 27.0 Å². The van der Waals surface area contributed by atoms with Gasteiger partial charge in [-0.2, -0.15) is 0 Å². The maximum atomic E-state index is 11.4. The first-order chi connectivity index (χ1) is 13.7. The molecule has 0 unspecified atom stereocenters. The average molecular weight is 375 g/mol. The Bertz CT molecular complexity index is 945. The normalized spacial score (nSPS) is 17.4. The summed E-state index contributed by atoms with van der Waals surface area (Å²) < 4.78 is 5.86. The molecule has 6 nitrogen and oxygen atoms in total. The van der Waals surface area contributed by atoms with Gasteiger partial charge in [-0.1, -0.05) is 42.5 Å². The first-order valence-corrected chi connectivity index (χ1v) is 9.22. The second-order valence-electron chi connectivity index (χ2n) is 6.78. The number of rotatable bonds is 5. The van der Waals surface area contributed by atoms with E-state index in [4.69, 9.17) is 4.74 Å². The van der Waals surface area contributed by atoms with Crippen LogP contribution in [0.4, 0.5) is 0 Å². The van der Waals surface area contributed by atoms with E-state index in [1.54, 1.807) is 24.7 Å². The maximum Gasteiger partial charge on any atom is 0.336 e. The number of ether oxygens (including phenoxy) is 1. The lowest BCUT2D eigenvalue weighted by Crippen LogP contribution is -2.38. The van der Waals surface area contributed by atoms with Crippen LogP contribution in [0.5, 0.6) is 0 Å². The summed E-state index contributed by atoms with van der Waals surface area (Å²) in [4.78, 5) is 22.0. The van der Waals surface area contributed by atoms with Gasteiger partial charge in [0.2, 0.25) is 0 Å². The number of carbonyl (C=O) groups is 1. The number of aromatic carboxylic acids is 1. The fourth-order valence-corrected chi connectivity index (χ4v) is 3.49. The van der Waals surface area contributed by atoms with Crippen LogP contribution in [-0.2, 0) is 11.3 Å². The Kier molecular flexibility index (Phi) is 5.41. The summed E-state index contributed by atoms with van der Waals surface area (Å²) >= 11 is 0. The fourth-order valence-electron chi connectivity index (χ4n) is 3.49. The van der Waals surface area contributed by atoms with Crippen molar-refractivity contribution < 1.29 is 14.6 Å². The van der Waals surface area contributed by atoms with Crippen molar-refractivity contribution in [2.45, 2.75) is 12.6 Å². The zero-order valence-electron chi connectivity index (χ0n) is 15.4. The van der Waals surface area contributed by atoms with Crippen LogP contribution in [0.1, 0.15) is 27.7 Å². The van der Waals surface area contributed by atoms with E-state index < -0.39 is 5.97 Å². The van der Waals surface area contributed by atoms with Crippen molar-refractivity contribution in [3.8, 4) is 11.1 Å². The minimum Gasteiger partial charge on any atom is -0.478 e. The van der Waals surface area contributed by atoms with Gasteiger partial charge in [0.15, 0.2) is 0 Å². The molecule has 1 aromatic heterocycles. The molecular formula is C22H21N3O3. The topological polar surface area (TPSA) is 75.5 Å². The molecule has 1 fully saturated rings. The highest BCUT2D eigenvalue weighted by Gasteiger charge is 2.23. The summed E-state index contributed by atoms with van der Waals surface area (Å²) in [6.45, 7) is 3.12. The Balaban J connectivity index is 1.46. The summed E-state index contributed by atoms with van der Waals surface area (Å²) in [7, 11) is 0. The van der Waals surface area contributed by atoms with Gasteiger partial charge in [0.05, 0.1) is 17.9 Å². The molecule has 1 aliphatic rings. The van der Waals surface area contributed by atoms with Crippen molar-refractivity contribution in [1.82, 2.24) is 14.9 Å². The van der Waals surface area contributed by atoms with Gasteiger partial charge in [-0.05, 0) is 28.8 Å². The molecule has 6 heteroatoms. The average Bonchev–Trinajstić information content (AvgIpc) is 2.75. The lowest BCUT2D eigenvalue weighted by atomic mass is 9.98. The van der Waals surface area contributed by atoms with Crippen LogP contribution in [0.3, 0.4) is 0 Å². The second-order valence-corrected chi connectivity index (χ2v) is 6.78. The molecule has 2 aromatic carbocycles. The number of morpholine rings is 1. The van der Waals surface area contributed by atoms with Gasteiger partial charge in [0.1, 0.15) is 12.4 Å². The van der Waals surface area contributed by atoms with Gasteiger partial charge in [0, 0.05) is 25.8 Å². The monoisotopic (exact) mass is 375 g/mol. The molecule has 28 heavy (non-hydrogen) atoms. The van der Waals surface area contributed by atoms with Crippen LogP contribution in [-0.4, -0.2) is 45.6 Å². The predicted molar refractivity (Wildman–Crippen MR) is 105 cm³/mol. The van der Waals surface area contributed by atoms with Crippen LogP contribution < -0.4 is 0 Å². The van der Waals surface area contributed by atoms with Gasteiger partial charge in [-0.15, -0.1) is 0 Å². The highest BCUT2D eigenvalue weighted by molar-refractivity contribution is 5.95. The molecule has 0 radical (unpaired) electrons. The highest BCUT2D eigenvalue weighted by atomic mass is 16.5. The molecule has 0 amide bonds. The van der Waals surface area contributed by atoms with Crippen molar-refractivity contribution in [2.75, 3.05) is 19.7 Å². The summed E-state index contributed by atoms with van der Waals surface area (Å²) in [5, 5.41) is 9.39. The van der Waals surface area contributed by atoms with E-state index in [9.17, 15) is 9.90 Å². The first kappa shape index (κ1) is 18.3. The van der Waals surface area contributed by atoms with E-state index in [1.165, 1.54) is 5.56 Å². The molecular weight excluding hydrogens is 354 g/mol. The lowest BCUT2D eigenvalue weighted by molar-refractivity contribution is -0.0350. The minimum absolute atomic E-state index is 0.0431. The van der Waals surface area contributed by atoms with E-state index in [0.717, 1.165) is 36.5 Å². The second kappa shape index (κ2) is 8.29. The molecule has 142 valence electrons. The molecule has 2 heterocycles. The number of hydrogen-bond donors (Lipinski definition) is 1. The molecule has 0 bridgehead atoms. The SMILES string of the molecule is O=C(O)c1ccccc1-c1ccc(CN2CCO[C@H](c3ccncn3)C2)cc1. The molecule has 1 N–H and O–H groups in total. The Morgan fingerprint density at radius 2 is 1.96 bits per heavy atom. The van der Waals surface area contributed by atoms with Gasteiger partial charge < -0.3 is 9.84 Å².